The van der Waals surface area contributed by atoms with Crippen molar-refractivity contribution >= 4 is 21.5 Å². The van der Waals surface area contributed by atoms with Crippen molar-refractivity contribution < 1.29 is 13.2 Å². The smallest absolute Gasteiger partial charge is 0.166 e. The minimum atomic E-state index is -4.34. The van der Waals surface area contributed by atoms with Crippen LogP contribution in [0.15, 0.2) is 66.7 Å². The predicted octanol–water partition coefficient (Wildman–Crippen LogP) is 8.12. The summed E-state index contributed by atoms with van der Waals surface area (Å²) in [6.45, 7) is 2.29. The molecule has 0 spiro atoms. The van der Waals surface area contributed by atoms with Crippen molar-refractivity contribution in [2.45, 2.75) is 38.3 Å². The van der Waals surface area contributed by atoms with Crippen LogP contribution in [0.5, 0.6) is 0 Å². The van der Waals surface area contributed by atoms with Gasteiger partial charge in [0.25, 0.3) is 0 Å². The average Bonchev–Trinajstić information content (AvgIpc) is 2.72. The molecule has 0 saturated carbocycles. The van der Waals surface area contributed by atoms with Crippen LogP contribution < -0.4 is 0 Å². The van der Waals surface area contributed by atoms with Gasteiger partial charge in [0.2, 0.25) is 0 Å². The van der Waals surface area contributed by atoms with Crippen LogP contribution in [0.2, 0.25) is 0 Å². The molecule has 0 fully saturated rings. The summed E-state index contributed by atoms with van der Waals surface area (Å²) in [6.07, 6.45) is -0.819. The van der Waals surface area contributed by atoms with E-state index in [2.05, 4.69) is 37.3 Å². The predicted molar refractivity (Wildman–Crippen MR) is 113 cm³/mol. The first-order chi connectivity index (χ1) is 13.9. The molecule has 29 heavy (non-hydrogen) atoms. The topological polar surface area (TPSA) is 0 Å². The highest BCUT2D eigenvalue weighted by Gasteiger charge is 2.30. The summed E-state index contributed by atoms with van der Waals surface area (Å²) in [6, 6.07) is 20.2. The van der Waals surface area contributed by atoms with E-state index in [1.54, 1.807) is 6.07 Å². The van der Waals surface area contributed by atoms with Crippen molar-refractivity contribution in [1.29, 1.82) is 0 Å². The normalized spacial score (nSPS) is 16.9. The van der Waals surface area contributed by atoms with Crippen molar-refractivity contribution in [2.75, 3.05) is 0 Å². The van der Waals surface area contributed by atoms with Gasteiger partial charge in [-0.2, -0.15) is 13.2 Å². The quantitative estimate of drug-likeness (QED) is 0.288. The summed E-state index contributed by atoms with van der Waals surface area (Å²) in [7, 11) is 0. The second-order valence-electron chi connectivity index (χ2n) is 8.07. The lowest BCUT2D eigenvalue weighted by Crippen LogP contribution is -2.07. The second kappa shape index (κ2) is 6.62. The molecule has 5 rings (SSSR count). The standard InChI is InChI=1S/C26H21F3/c1-16-5-2-9-21-19(16)11-12-25-22-10-4-8-20(23(22)13-14-24(21)25)17-6-3-7-18(15-17)26(27,28)29/h3-4,6-8,10-16H,2,5,9H2,1H3. The minimum absolute atomic E-state index is 0.579. The molecule has 0 nitrogen and oxygen atoms in total. The van der Waals surface area contributed by atoms with Gasteiger partial charge in [0.15, 0.2) is 0 Å². The molecule has 3 heteroatoms. The van der Waals surface area contributed by atoms with E-state index < -0.39 is 11.7 Å². The second-order valence-corrected chi connectivity index (χ2v) is 8.07. The largest absolute Gasteiger partial charge is 0.416 e. The molecule has 1 aliphatic rings. The maximum atomic E-state index is 13.2. The lowest BCUT2D eigenvalue weighted by molar-refractivity contribution is -0.137. The van der Waals surface area contributed by atoms with Crippen LogP contribution in [0, 0.1) is 0 Å². The Morgan fingerprint density at radius 1 is 0.793 bits per heavy atom. The Morgan fingerprint density at radius 3 is 2.34 bits per heavy atom. The first kappa shape index (κ1) is 18.2. The van der Waals surface area contributed by atoms with Gasteiger partial charge in [-0.05, 0) is 81.1 Å². The van der Waals surface area contributed by atoms with Gasteiger partial charge in [-0.25, -0.2) is 0 Å². The van der Waals surface area contributed by atoms with Gasteiger partial charge in [0.05, 0.1) is 5.56 Å². The molecule has 1 atom stereocenters. The molecule has 0 N–H and O–H groups in total. The Morgan fingerprint density at radius 2 is 1.52 bits per heavy atom. The highest BCUT2D eigenvalue weighted by atomic mass is 19.4. The van der Waals surface area contributed by atoms with Gasteiger partial charge in [0.1, 0.15) is 0 Å². The molecular formula is C26H21F3. The first-order valence-electron chi connectivity index (χ1n) is 10.1. The van der Waals surface area contributed by atoms with Crippen LogP contribution >= 0.6 is 0 Å². The van der Waals surface area contributed by atoms with Gasteiger partial charge >= 0.3 is 6.18 Å². The zero-order valence-corrected chi connectivity index (χ0v) is 16.2. The van der Waals surface area contributed by atoms with Crippen molar-refractivity contribution in [3.8, 4) is 11.1 Å². The maximum absolute atomic E-state index is 13.2. The summed E-state index contributed by atoms with van der Waals surface area (Å²) >= 11 is 0. The number of halogens is 3. The fourth-order valence-electron chi connectivity index (χ4n) is 4.85. The van der Waals surface area contributed by atoms with E-state index in [4.69, 9.17) is 0 Å². The Hall–Kier alpha value is -2.81. The van der Waals surface area contributed by atoms with Crippen molar-refractivity contribution in [1.82, 2.24) is 0 Å². The van der Waals surface area contributed by atoms with E-state index >= 15 is 0 Å². The van der Waals surface area contributed by atoms with Crippen LogP contribution in [0.1, 0.15) is 42.4 Å². The van der Waals surface area contributed by atoms with Crippen LogP contribution in [-0.4, -0.2) is 0 Å². The number of aryl methyl sites for hydroxylation is 1. The summed E-state index contributed by atoms with van der Waals surface area (Å²) in [5.41, 5.74) is 3.69. The van der Waals surface area contributed by atoms with Crippen LogP contribution in [-0.2, 0) is 12.6 Å². The molecule has 0 amide bonds. The van der Waals surface area contributed by atoms with E-state index in [-0.39, 0.29) is 0 Å². The van der Waals surface area contributed by atoms with Gasteiger partial charge in [-0.3, -0.25) is 0 Å². The molecule has 146 valence electrons. The molecule has 0 aliphatic heterocycles. The number of rotatable bonds is 1. The van der Waals surface area contributed by atoms with Crippen LogP contribution in [0.25, 0.3) is 32.7 Å². The highest BCUT2D eigenvalue weighted by molar-refractivity contribution is 6.13. The zero-order chi connectivity index (χ0) is 20.2. The third-order valence-electron chi connectivity index (χ3n) is 6.30. The summed E-state index contributed by atoms with van der Waals surface area (Å²) < 4.78 is 39.6. The van der Waals surface area contributed by atoms with Gasteiger partial charge < -0.3 is 0 Å². The van der Waals surface area contributed by atoms with Crippen LogP contribution in [0.4, 0.5) is 13.2 Å². The fourth-order valence-corrected chi connectivity index (χ4v) is 4.85. The monoisotopic (exact) mass is 390 g/mol. The van der Waals surface area contributed by atoms with E-state index in [9.17, 15) is 13.2 Å². The van der Waals surface area contributed by atoms with Crippen molar-refractivity contribution in [3.05, 3.63) is 83.4 Å². The van der Waals surface area contributed by atoms with Crippen molar-refractivity contribution in [2.24, 2.45) is 0 Å². The zero-order valence-electron chi connectivity index (χ0n) is 16.2. The van der Waals surface area contributed by atoms with Gasteiger partial charge in [-0.15, -0.1) is 0 Å². The minimum Gasteiger partial charge on any atom is -0.166 e. The molecule has 1 aliphatic carbocycles. The van der Waals surface area contributed by atoms with E-state index in [1.807, 2.05) is 12.1 Å². The summed E-state index contributed by atoms with van der Waals surface area (Å²) in [5.74, 6) is 0.579. The fraction of sp³-hybridized carbons (Fsp3) is 0.231. The molecule has 0 bridgehead atoms. The molecular weight excluding hydrogens is 369 g/mol. The van der Waals surface area contributed by atoms with Gasteiger partial charge in [-0.1, -0.05) is 61.5 Å². The lowest BCUT2D eigenvalue weighted by atomic mass is 9.80. The summed E-state index contributed by atoms with van der Waals surface area (Å²) in [5, 5.41) is 4.55. The molecule has 4 aromatic carbocycles. The maximum Gasteiger partial charge on any atom is 0.416 e. The third-order valence-corrected chi connectivity index (χ3v) is 6.30. The molecule has 1 unspecified atom stereocenters. The van der Waals surface area contributed by atoms with Crippen molar-refractivity contribution in [3.63, 3.8) is 0 Å². The Bertz CT molecular complexity index is 1230. The molecule has 0 radical (unpaired) electrons. The third kappa shape index (κ3) is 3.00. The summed E-state index contributed by atoms with van der Waals surface area (Å²) in [4.78, 5) is 0. The molecule has 0 saturated heterocycles. The Kier molecular flexibility index (Phi) is 4.16. The number of fused-ring (bicyclic) bond motifs is 5. The van der Waals surface area contributed by atoms with E-state index in [0.717, 1.165) is 28.8 Å². The SMILES string of the molecule is CC1CCCc2c1ccc1c2ccc2c(-c3cccc(C(F)(F)F)c3)cccc21. The van der Waals surface area contributed by atoms with Gasteiger partial charge in [0, 0.05) is 0 Å². The number of hydrogen-bond acceptors (Lipinski definition) is 0. The van der Waals surface area contributed by atoms with Crippen LogP contribution in [0.3, 0.4) is 0 Å². The number of alkyl halides is 3. The Balaban J connectivity index is 1.75. The number of benzene rings is 4. The Labute approximate surface area is 168 Å². The number of hydrogen-bond donors (Lipinski definition) is 0. The lowest BCUT2D eigenvalue weighted by Gasteiger charge is -2.24. The average molecular weight is 390 g/mol. The molecule has 4 aromatic rings. The van der Waals surface area contributed by atoms with E-state index in [0.29, 0.717) is 11.5 Å². The highest BCUT2D eigenvalue weighted by Crippen LogP contribution is 2.40. The first-order valence-corrected chi connectivity index (χ1v) is 10.1. The molecule has 0 aromatic heterocycles. The van der Waals surface area contributed by atoms with E-state index in [1.165, 1.54) is 46.9 Å². The molecule has 0 heterocycles.